The maximum Gasteiger partial charge on any atom is 0.307 e. The quantitative estimate of drug-likeness (QED) is 0.677. The number of carbonyl (C=O) groups excluding carboxylic acids is 1. The van der Waals surface area contributed by atoms with Crippen molar-refractivity contribution < 1.29 is 14.7 Å². The molecule has 2 aliphatic heterocycles. The third kappa shape index (κ3) is 3.00. The van der Waals surface area contributed by atoms with Crippen molar-refractivity contribution in [1.29, 1.82) is 0 Å². The second-order valence-electron chi connectivity index (χ2n) is 5.12. The van der Waals surface area contributed by atoms with Crippen molar-refractivity contribution in [3.63, 3.8) is 0 Å². The third-order valence-electron chi connectivity index (χ3n) is 3.95. The Labute approximate surface area is 107 Å². The first-order valence-corrected chi connectivity index (χ1v) is 6.51. The predicted octanol–water partition coefficient (Wildman–Crippen LogP) is -0.787. The van der Waals surface area contributed by atoms with E-state index in [0.29, 0.717) is 13.0 Å². The molecule has 2 atom stereocenters. The lowest BCUT2D eigenvalue weighted by Gasteiger charge is -2.41. The average molecular weight is 255 g/mol. The lowest BCUT2D eigenvalue weighted by molar-refractivity contribution is -0.143. The van der Waals surface area contributed by atoms with Crippen LogP contribution in [-0.4, -0.2) is 72.1 Å². The van der Waals surface area contributed by atoms with E-state index in [4.69, 9.17) is 5.11 Å². The lowest BCUT2D eigenvalue weighted by Crippen LogP contribution is -2.57. The monoisotopic (exact) mass is 255 g/mol. The molecule has 6 heteroatoms. The number of nitrogens with one attached hydrogen (secondary N) is 1. The molecular formula is C12H21N3O3. The molecule has 2 N–H and O–H groups in total. The van der Waals surface area contributed by atoms with Crippen LogP contribution in [0.3, 0.4) is 0 Å². The van der Waals surface area contributed by atoms with Crippen LogP contribution in [0.4, 0.5) is 0 Å². The minimum absolute atomic E-state index is 0.125. The highest BCUT2D eigenvalue weighted by atomic mass is 16.4. The number of amides is 1. The standard InChI is InChI=1S/C12H21N3O3/c1-9(16)14-2-4-15(5-3-14)11-6-10(12(17)18)7-13-8-11/h10-11,13H,2-8H2,1H3,(H,17,18)/t10-,11+/m1/s1. The van der Waals surface area contributed by atoms with Crippen LogP contribution < -0.4 is 5.32 Å². The molecule has 0 aromatic heterocycles. The van der Waals surface area contributed by atoms with Crippen LogP contribution in [-0.2, 0) is 9.59 Å². The molecule has 0 aromatic carbocycles. The first-order chi connectivity index (χ1) is 8.58. The van der Waals surface area contributed by atoms with Gasteiger partial charge in [-0.05, 0) is 6.42 Å². The fourth-order valence-electron chi connectivity index (χ4n) is 2.79. The average Bonchev–Trinajstić information content (AvgIpc) is 2.39. The molecule has 2 fully saturated rings. The number of rotatable bonds is 2. The van der Waals surface area contributed by atoms with Gasteiger partial charge in [0.1, 0.15) is 0 Å². The summed E-state index contributed by atoms with van der Waals surface area (Å²) in [5.74, 6) is -0.871. The van der Waals surface area contributed by atoms with E-state index in [1.807, 2.05) is 4.90 Å². The molecule has 2 saturated heterocycles. The van der Waals surface area contributed by atoms with Crippen molar-refractivity contribution in [2.75, 3.05) is 39.3 Å². The number of hydrogen-bond acceptors (Lipinski definition) is 4. The van der Waals surface area contributed by atoms with Gasteiger partial charge in [-0.3, -0.25) is 14.5 Å². The number of aliphatic carboxylic acids is 1. The minimum atomic E-state index is -0.713. The number of nitrogens with zero attached hydrogens (tertiary/aromatic N) is 2. The third-order valence-corrected chi connectivity index (χ3v) is 3.95. The molecule has 0 saturated carbocycles. The Morgan fingerprint density at radius 1 is 1.17 bits per heavy atom. The SMILES string of the molecule is CC(=O)N1CCN([C@@H]2CNC[C@H](C(=O)O)C2)CC1. The van der Waals surface area contributed by atoms with Gasteiger partial charge in [-0.15, -0.1) is 0 Å². The summed E-state index contributed by atoms with van der Waals surface area (Å²) in [6.45, 7) is 6.21. The second-order valence-corrected chi connectivity index (χ2v) is 5.12. The number of hydrogen-bond donors (Lipinski definition) is 2. The van der Waals surface area contributed by atoms with Crippen molar-refractivity contribution in [3.8, 4) is 0 Å². The van der Waals surface area contributed by atoms with Crippen molar-refractivity contribution in [2.45, 2.75) is 19.4 Å². The number of carboxylic acids is 1. The van der Waals surface area contributed by atoms with Gasteiger partial charge in [0.25, 0.3) is 0 Å². The highest BCUT2D eigenvalue weighted by molar-refractivity contribution is 5.73. The van der Waals surface area contributed by atoms with E-state index in [1.165, 1.54) is 0 Å². The number of piperidine rings is 1. The van der Waals surface area contributed by atoms with Gasteiger partial charge in [-0.2, -0.15) is 0 Å². The van der Waals surface area contributed by atoms with Gasteiger partial charge in [0.05, 0.1) is 5.92 Å². The van der Waals surface area contributed by atoms with Gasteiger partial charge in [0.15, 0.2) is 0 Å². The van der Waals surface area contributed by atoms with E-state index in [-0.39, 0.29) is 17.9 Å². The van der Waals surface area contributed by atoms with Crippen LogP contribution >= 0.6 is 0 Å². The summed E-state index contributed by atoms with van der Waals surface area (Å²) >= 11 is 0. The Balaban J connectivity index is 1.85. The molecule has 0 radical (unpaired) electrons. The maximum atomic E-state index is 11.2. The van der Waals surface area contributed by atoms with Crippen LogP contribution in [0.2, 0.25) is 0 Å². The van der Waals surface area contributed by atoms with Gasteiger partial charge in [0.2, 0.25) is 5.91 Å². The zero-order chi connectivity index (χ0) is 13.1. The fourth-order valence-corrected chi connectivity index (χ4v) is 2.79. The largest absolute Gasteiger partial charge is 0.481 e. The van der Waals surface area contributed by atoms with Gasteiger partial charge < -0.3 is 15.3 Å². The fraction of sp³-hybridized carbons (Fsp3) is 0.833. The molecular weight excluding hydrogens is 234 g/mol. The summed E-state index contributed by atoms with van der Waals surface area (Å²) in [5.41, 5.74) is 0. The second kappa shape index (κ2) is 5.67. The molecule has 0 bridgehead atoms. The molecule has 2 heterocycles. The molecule has 18 heavy (non-hydrogen) atoms. The van der Waals surface area contributed by atoms with E-state index in [1.54, 1.807) is 6.92 Å². The normalized spacial score (nSPS) is 30.2. The van der Waals surface area contributed by atoms with E-state index in [2.05, 4.69) is 10.2 Å². The van der Waals surface area contributed by atoms with Crippen LogP contribution in [0.15, 0.2) is 0 Å². The Hall–Kier alpha value is -1.14. The van der Waals surface area contributed by atoms with Gasteiger partial charge in [-0.25, -0.2) is 0 Å². The molecule has 2 rings (SSSR count). The predicted molar refractivity (Wildman–Crippen MR) is 66.2 cm³/mol. The molecule has 102 valence electrons. The van der Waals surface area contributed by atoms with E-state index < -0.39 is 5.97 Å². The highest BCUT2D eigenvalue weighted by Gasteiger charge is 2.32. The van der Waals surface area contributed by atoms with Crippen LogP contribution in [0.5, 0.6) is 0 Å². The van der Waals surface area contributed by atoms with Crippen molar-refractivity contribution >= 4 is 11.9 Å². The Morgan fingerprint density at radius 3 is 2.39 bits per heavy atom. The van der Waals surface area contributed by atoms with Crippen LogP contribution in [0.25, 0.3) is 0 Å². The number of carboxylic acid groups (broad SMARTS) is 1. The first kappa shape index (κ1) is 13.3. The minimum Gasteiger partial charge on any atom is -0.481 e. The first-order valence-electron chi connectivity index (χ1n) is 6.51. The molecule has 0 aromatic rings. The molecule has 1 amide bonds. The highest BCUT2D eigenvalue weighted by Crippen LogP contribution is 2.17. The van der Waals surface area contributed by atoms with Crippen molar-refractivity contribution in [2.24, 2.45) is 5.92 Å². The van der Waals surface area contributed by atoms with E-state index >= 15 is 0 Å². The number of carbonyl (C=O) groups is 2. The summed E-state index contributed by atoms with van der Waals surface area (Å²) in [7, 11) is 0. The Kier molecular flexibility index (Phi) is 4.19. The van der Waals surface area contributed by atoms with E-state index in [9.17, 15) is 9.59 Å². The van der Waals surface area contributed by atoms with Gasteiger partial charge in [0, 0.05) is 52.2 Å². The van der Waals surface area contributed by atoms with Crippen LogP contribution in [0, 0.1) is 5.92 Å². The summed E-state index contributed by atoms with van der Waals surface area (Å²) < 4.78 is 0. The zero-order valence-corrected chi connectivity index (χ0v) is 10.8. The summed E-state index contributed by atoms with van der Waals surface area (Å²) in [6.07, 6.45) is 0.711. The topological polar surface area (TPSA) is 72.9 Å². The smallest absolute Gasteiger partial charge is 0.307 e. The van der Waals surface area contributed by atoms with Crippen molar-refractivity contribution in [3.05, 3.63) is 0 Å². The van der Waals surface area contributed by atoms with Crippen molar-refractivity contribution in [1.82, 2.24) is 15.1 Å². The van der Waals surface area contributed by atoms with Gasteiger partial charge in [-0.1, -0.05) is 0 Å². The summed E-state index contributed by atoms with van der Waals surface area (Å²) in [6, 6.07) is 0.286. The summed E-state index contributed by atoms with van der Waals surface area (Å²) in [4.78, 5) is 26.4. The Bertz CT molecular complexity index is 327. The molecule has 0 aliphatic carbocycles. The zero-order valence-electron chi connectivity index (χ0n) is 10.8. The van der Waals surface area contributed by atoms with E-state index in [0.717, 1.165) is 32.7 Å². The summed E-state index contributed by atoms with van der Waals surface area (Å²) in [5, 5.41) is 12.3. The maximum absolute atomic E-state index is 11.2. The molecule has 6 nitrogen and oxygen atoms in total. The number of piperazine rings is 1. The molecule has 2 aliphatic rings. The lowest BCUT2D eigenvalue weighted by atomic mass is 9.94. The molecule has 0 unspecified atom stereocenters. The Morgan fingerprint density at radius 2 is 1.83 bits per heavy atom. The van der Waals surface area contributed by atoms with Gasteiger partial charge >= 0.3 is 5.97 Å². The molecule has 0 spiro atoms. The van der Waals surface area contributed by atoms with Crippen LogP contribution in [0.1, 0.15) is 13.3 Å².